The molecule has 0 unspecified atom stereocenters. The third-order valence-corrected chi connectivity index (χ3v) is 1.52. The molecule has 0 bridgehead atoms. The SMILES string of the molecule is CCCC(=O)Nc1ccncc1F. The van der Waals surface area contributed by atoms with Crippen molar-refractivity contribution in [1.82, 2.24) is 4.98 Å². The van der Waals surface area contributed by atoms with Crippen LogP contribution in [0.25, 0.3) is 0 Å². The molecule has 0 spiro atoms. The number of carbonyl (C=O) groups is 1. The number of anilines is 1. The van der Waals surface area contributed by atoms with Crippen LogP contribution in [0.1, 0.15) is 19.8 Å². The molecule has 0 saturated heterocycles. The first-order chi connectivity index (χ1) is 6.24. The van der Waals surface area contributed by atoms with Crippen LogP contribution < -0.4 is 5.32 Å². The number of aromatic nitrogens is 1. The van der Waals surface area contributed by atoms with Crippen LogP contribution in [-0.2, 0) is 4.79 Å². The normalized spacial score (nSPS) is 9.69. The third-order valence-electron chi connectivity index (χ3n) is 1.52. The number of amides is 1. The molecule has 3 nitrogen and oxygen atoms in total. The van der Waals surface area contributed by atoms with Gasteiger partial charge in [0.1, 0.15) is 0 Å². The lowest BCUT2D eigenvalue weighted by atomic mass is 10.3. The molecule has 70 valence electrons. The largest absolute Gasteiger partial charge is 0.324 e. The summed E-state index contributed by atoms with van der Waals surface area (Å²) in [7, 11) is 0. The number of pyridine rings is 1. The number of halogens is 1. The van der Waals surface area contributed by atoms with E-state index in [1.54, 1.807) is 0 Å². The van der Waals surface area contributed by atoms with Crippen LogP contribution in [0.4, 0.5) is 10.1 Å². The zero-order valence-electron chi connectivity index (χ0n) is 7.38. The molecule has 0 saturated carbocycles. The maximum atomic E-state index is 12.9. The highest BCUT2D eigenvalue weighted by Crippen LogP contribution is 2.10. The van der Waals surface area contributed by atoms with Crippen LogP contribution in [0.15, 0.2) is 18.5 Å². The van der Waals surface area contributed by atoms with Gasteiger partial charge in [-0.3, -0.25) is 9.78 Å². The predicted molar refractivity (Wildman–Crippen MR) is 47.7 cm³/mol. The van der Waals surface area contributed by atoms with Gasteiger partial charge in [0.15, 0.2) is 5.82 Å². The Kier molecular flexibility index (Phi) is 3.37. The van der Waals surface area contributed by atoms with E-state index in [1.165, 1.54) is 12.3 Å². The van der Waals surface area contributed by atoms with Gasteiger partial charge in [-0.2, -0.15) is 0 Å². The summed E-state index contributed by atoms with van der Waals surface area (Å²) in [5, 5.41) is 2.46. The van der Waals surface area contributed by atoms with Crippen LogP contribution in [0.3, 0.4) is 0 Å². The maximum absolute atomic E-state index is 12.9. The molecule has 0 aromatic carbocycles. The van der Waals surface area contributed by atoms with Crippen LogP contribution in [0, 0.1) is 5.82 Å². The minimum atomic E-state index is -0.507. The van der Waals surface area contributed by atoms with Gasteiger partial charge in [0, 0.05) is 12.6 Å². The number of hydrogen-bond acceptors (Lipinski definition) is 2. The van der Waals surface area contributed by atoms with Gasteiger partial charge < -0.3 is 5.32 Å². The van der Waals surface area contributed by atoms with Gasteiger partial charge in [-0.15, -0.1) is 0 Å². The van der Waals surface area contributed by atoms with Gasteiger partial charge in [0.2, 0.25) is 5.91 Å². The molecular formula is C9H11FN2O. The zero-order chi connectivity index (χ0) is 9.68. The lowest BCUT2D eigenvalue weighted by molar-refractivity contribution is -0.116. The molecule has 0 aliphatic carbocycles. The number of carbonyl (C=O) groups excluding carboxylic acids is 1. The molecule has 1 heterocycles. The summed E-state index contributed by atoms with van der Waals surface area (Å²) in [6.07, 6.45) is 3.66. The summed E-state index contributed by atoms with van der Waals surface area (Å²) in [5.41, 5.74) is 0.188. The van der Waals surface area contributed by atoms with Crippen LogP contribution >= 0.6 is 0 Å². The summed E-state index contributed by atoms with van der Waals surface area (Å²) >= 11 is 0. The molecule has 1 aromatic rings. The van der Waals surface area contributed by atoms with E-state index in [2.05, 4.69) is 10.3 Å². The quantitative estimate of drug-likeness (QED) is 0.776. The van der Waals surface area contributed by atoms with Crippen molar-refractivity contribution in [3.63, 3.8) is 0 Å². The van der Waals surface area contributed by atoms with Crippen molar-refractivity contribution >= 4 is 11.6 Å². The maximum Gasteiger partial charge on any atom is 0.224 e. The van der Waals surface area contributed by atoms with Gasteiger partial charge in [-0.05, 0) is 12.5 Å². The Hall–Kier alpha value is -1.45. The van der Waals surface area contributed by atoms with E-state index in [0.717, 1.165) is 12.6 Å². The molecule has 0 atom stereocenters. The predicted octanol–water partition coefficient (Wildman–Crippen LogP) is 1.96. The smallest absolute Gasteiger partial charge is 0.224 e. The van der Waals surface area contributed by atoms with Gasteiger partial charge in [0.25, 0.3) is 0 Å². The highest BCUT2D eigenvalue weighted by molar-refractivity contribution is 5.90. The van der Waals surface area contributed by atoms with E-state index >= 15 is 0 Å². The summed E-state index contributed by atoms with van der Waals surface area (Å²) in [6.45, 7) is 1.89. The van der Waals surface area contributed by atoms with Crippen molar-refractivity contribution in [1.29, 1.82) is 0 Å². The summed E-state index contributed by atoms with van der Waals surface area (Å²) in [6, 6.07) is 1.43. The summed E-state index contributed by atoms with van der Waals surface area (Å²) in [5.74, 6) is -0.681. The van der Waals surface area contributed by atoms with Crippen molar-refractivity contribution in [2.75, 3.05) is 5.32 Å². The molecule has 0 aliphatic heterocycles. The minimum absolute atomic E-state index is 0.174. The van der Waals surface area contributed by atoms with Gasteiger partial charge in [-0.25, -0.2) is 4.39 Å². The monoisotopic (exact) mass is 182 g/mol. The Morgan fingerprint density at radius 3 is 3.08 bits per heavy atom. The fourth-order valence-corrected chi connectivity index (χ4v) is 0.916. The van der Waals surface area contributed by atoms with Gasteiger partial charge in [0.05, 0.1) is 11.9 Å². The molecule has 13 heavy (non-hydrogen) atoms. The van der Waals surface area contributed by atoms with E-state index in [1.807, 2.05) is 6.92 Å². The Labute approximate surface area is 76.0 Å². The van der Waals surface area contributed by atoms with Crippen molar-refractivity contribution in [3.05, 3.63) is 24.3 Å². The molecule has 0 fully saturated rings. The highest BCUT2D eigenvalue weighted by atomic mass is 19.1. The second-order valence-corrected chi connectivity index (χ2v) is 2.65. The summed E-state index contributed by atoms with van der Waals surface area (Å²) < 4.78 is 12.9. The Bertz CT molecular complexity index is 301. The van der Waals surface area contributed by atoms with Crippen LogP contribution in [0.5, 0.6) is 0 Å². The zero-order valence-corrected chi connectivity index (χ0v) is 7.38. The Morgan fingerprint density at radius 1 is 1.69 bits per heavy atom. The molecule has 1 N–H and O–H groups in total. The minimum Gasteiger partial charge on any atom is -0.324 e. The van der Waals surface area contributed by atoms with Crippen LogP contribution in [-0.4, -0.2) is 10.9 Å². The van der Waals surface area contributed by atoms with Gasteiger partial charge in [-0.1, -0.05) is 6.92 Å². The molecule has 0 radical (unpaired) electrons. The molecule has 4 heteroatoms. The number of hydrogen-bond donors (Lipinski definition) is 1. The molecule has 0 aliphatic rings. The second kappa shape index (κ2) is 4.54. The topological polar surface area (TPSA) is 42.0 Å². The van der Waals surface area contributed by atoms with E-state index in [0.29, 0.717) is 6.42 Å². The van der Waals surface area contributed by atoms with Crippen molar-refractivity contribution in [2.24, 2.45) is 0 Å². The first-order valence-corrected chi connectivity index (χ1v) is 4.13. The fourth-order valence-electron chi connectivity index (χ4n) is 0.916. The van der Waals surface area contributed by atoms with Gasteiger partial charge >= 0.3 is 0 Å². The third kappa shape index (κ3) is 2.82. The van der Waals surface area contributed by atoms with E-state index in [9.17, 15) is 9.18 Å². The molecule has 1 rings (SSSR count). The average molecular weight is 182 g/mol. The fraction of sp³-hybridized carbons (Fsp3) is 0.333. The lowest BCUT2D eigenvalue weighted by Crippen LogP contribution is -2.11. The first kappa shape index (κ1) is 9.64. The summed E-state index contributed by atoms with van der Waals surface area (Å²) in [4.78, 5) is 14.6. The van der Waals surface area contributed by atoms with Crippen molar-refractivity contribution in [2.45, 2.75) is 19.8 Å². The number of rotatable bonds is 3. The molecule has 1 aromatic heterocycles. The van der Waals surface area contributed by atoms with Crippen molar-refractivity contribution < 1.29 is 9.18 Å². The Morgan fingerprint density at radius 2 is 2.46 bits per heavy atom. The second-order valence-electron chi connectivity index (χ2n) is 2.65. The number of nitrogens with one attached hydrogen (secondary N) is 1. The van der Waals surface area contributed by atoms with E-state index in [4.69, 9.17) is 0 Å². The van der Waals surface area contributed by atoms with Crippen LogP contribution in [0.2, 0.25) is 0 Å². The molecular weight excluding hydrogens is 171 g/mol. The lowest BCUT2D eigenvalue weighted by Gasteiger charge is -2.03. The Balaban J connectivity index is 2.63. The standard InChI is InChI=1S/C9H11FN2O/c1-2-3-9(13)12-8-4-5-11-6-7(8)10/h4-6H,2-3H2,1H3,(H,11,12,13). The van der Waals surface area contributed by atoms with E-state index < -0.39 is 5.82 Å². The van der Waals surface area contributed by atoms with Crippen molar-refractivity contribution in [3.8, 4) is 0 Å². The van der Waals surface area contributed by atoms with E-state index in [-0.39, 0.29) is 11.6 Å². The number of nitrogens with zero attached hydrogens (tertiary/aromatic N) is 1. The first-order valence-electron chi connectivity index (χ1n) is 4.13. The average Bonchev–Trinajstić information content (AvgIpc) is 2.09. The highest BCUT2D eigenvalue weighted by Gasteiger charge is 2.04. The molecule has 1 amide bonds.